The van der Waals surface area contributed by atoms with Crippen molar-refractivity contribution >= 4 is 33.5 Å². The number of hydrogen-bond donors (Lipinski definition) is 2. The fraction of sp³-hybridized carbons (Fsp3) is 0.364. The second kappa shape index (κ2) is 9.17. The first kappa shape index (κ1) is 24.2. The smallest absolute Gasteiger partial charge is 0.335 e. The monoisotopic (exact) mass is 482 g/mol. The lowest BCUT2D eigenvalue weighted by Crippen LogP contribution is -2.49. The van der Waals surface area contributed by atoms with Gasteiger partial charge in [0.15, 0.2) is 0 Å². The molecule has 2 N–H and O–H groups in total. The summed E-state index contributed by atoms with van der Waals surface area (Å²) in [5.74, 6) is -2.63. The standard InChI is InChI=1S/C22H24ClFN2O5S/c1-22(2)9-10-25-20(27)19(12-22)26(32(30,31)17-7-5-16(23)6-8-17)13-15-4-3-14(21(28)29)11-18(15)24/h3-8,11,19H,9-10,12-13H2,1-2H3,(H,25,27)(H,28,29)/t19-/m1/s1. The summed E-state index contributed by atoms with van der Waals surface area (Å²) in [5.41, 5.74) is -0.641. The van der Waals surface area contributed by atoms with Crippen LogP contribution in [-0.2, 0) is 21.4 Å². The predicted molar refractivity (Wildman–Crippen MR) is 117 cm³/mol. The van der Waals surface area contributed by atoms with Crippen LogP contribution >= 0.6 is 11.6 Å². The number of nitrogens with zero attached hydrogens (tertiary/aromatic N) is 1. The van der Waals surface area contributed by atoms with Gasteiger partial charge < -0.3 is 10.4 Å². The highest BCUT2D eigenvalue weighted by Gasteiger charge is 2.41. The highest BCUT2D eigenvalue weighted by atomic mass is 35.5. The summed E-state index contributed by atoms with van der Waals surface area (Å²) in [4.78, 5) is 23.9. The quantitative estimate of drug-likeness (QED) is 0.653. The van der Waals surface area contributed by atoms with Crippen molar-refractivity contribution in [2.24, 2.45) is 5.41 Å². The number of carbonyl (C=O) groups is 2. The van der Waals surface area contributed by atoms with Crippen molar-refractivity contribution < 1.29 is 27.5 Å². The van der Waals surface area contributed by atoms with Gasteiger partial charge in [-0.1, -0.05) is 31.5 Å². The third-order valence-electron chi connectivity index (χ3n) is 5.54. The molecule has 1 heterocycles. The van der Waals surface area contributed by atoms with Gasteiger partial charge in [-0.15, -0.1) is 0 Å². The lowest BCUT2D eigenvalue weighted by Gasteiger charge is -2.33. The van der Waals surface area contributed by atoms with Crippen LogP contribution in [0.2, 0.25) is 5.02 Å². The summed E-state index contributed by atoms with van der Waals surface area (Å²) in [6, 6.07) is 7.68. The second-order valence-corrected chi connectivity index (χ2v) is 10.9. The summed E-state index contributed by atoms with van der Waals surface area (Å²) >= 11 is 5.89. The average Bonchev–Trinajstić information content (AvgIpc) is 2.84. The van der Waals surface area contributed by atoms with Crippen LogP contribution in [0.1, 0.15) is 42.6 Å². The van der Waals surface area contributed by atoms with E-state index in [2.05, 4.69) is 5.32 Å². The van der Waals surface area contributed by atoms with Gasteiger partial charge in [0.1, 0.15) is 11.9 Å². The third kappa shape index (κ3) is 5.28. The molecule has 32 heavy (non-hydrogen) atoms. The molecule has 0 unspecified atom stereocenters. The molecule has 1 aliphatic rings. The Hall–Kier alpha value is -2.49. The topological polar surface area (TPSA) is 104 Å². The van der Waals surface area contributed by atoms with E-state index in [0.717, 1.165) is 10.4 Å². The Morgan fingerprint density at radius 3 is 2.50 bits per heavy atom. The SMILES string of the molecule is CC1(C)CCNC(=O)[C@H](N(Cc2ccc(C(=O)O)cc2F)S(=O)(=O)c2ccc(Cl)cc2)C1. The van der Waals surface area contributed by atoms with Crippen LogP contribution in [0.15, 0.2) is 47.4 Å². The number of hydrogen-bond acceptors (Lipinski definition) is 4. The zero-order chi connectivity index (χ0) is 23.7. The molecule has 3 rings (SSSR count). The molecule has 1 atom stereocenters. The highest BCUT2D eigenvalue weighted by molar-refractivity contribution is 7.89. The van der Waals surface area contributed by atoms with Crippen LogP contribution in [0.25, 0.3) is 0 Å². The molecule has 0 spiro atoms. The largest absolute Gasteiger partial charge is 0.478 e. The maximum absolute atomic E-state index is 14.7. The van der Waals surface area contributed by atoms with Crippen molar-refractivity contribution in [3.63, 3.8) is 0 Å². The van der Waals surface area contributed by atoms with Gasteiger partial charge in [-0.05, 0) is 54.7 Å². The number of amides is 1. The summed E-state index contributed by atoms with van der Waals surface area (Å²) < 4.78 is 42.9. The molecule has 1 amide bonds. The Labute approximate surface area is 191 Å². The average molecular weight is 483 g/mol. The Morgan fingerprint density at radius 1 is 1.25 bits per heavy atom. The lowest BCUT2D eigenvalue weighted by molar-refractivity contribution is -0.125. The molecule has 1 aliphatic heterocycles. The summed E-state index contributed by atoms with van der Waals surface area (Å²) in [6.07, 6.45) is 0.895. The number of aromatic carboxylic acids is 1. The Bertz CT molecular complexity index is 1140. The zero-order valence-electron chi connectivity index (χ0n) is 17.6. The van der Waals surface area contributed by atoms with Gasteiger partial charge in [0, 0.05) is 23.7 Å². The van der Waals surface area contributed by atoms with E-state index in [1.54, 1.807) is 0 Å². The Kier molecular flexibility index (Phi) is 6.92. The predicted octanol–water partition coefficient (Wildman–Crippen LogP) is 3.67. The summed E-state index contributed by atoms with van der Waals surface area (Å²) in [5, 5.41) is 12.2. The molecule has 1 fully saturated rings. The van der Waals surface area contributed by atoms with Crippen LogP contribution in [0.5, 0.6) is 0 Å². The minimum absolute atomic E-state index is 0.0395. The maximum atomic E-state index is 14.7. The van der Waals surface area contributed by atoms with Gasteiger partial charge in [0.25, 0.3) is 0 Å². The minimum Gasteiger partial charge on any atom is -0.478 e. The normalized spacial score (nSPS) is 18.8. The van der Waals surface area contributed by atoms with Crippen molar-refractivity contribution in [2.75, 3.05) is 6.54 Å². The second-order valence-electron chi connectivity index (χ2n) is 8.54. The molecular formula is C22H24ClFN2O5S. The molecule has 172 valence electrons. The van der Waals surface area contributed by atoms with Crippen molar-refractivity contribution in [1.82, 2.24) is 9.62 Å². The molecule has 0 aliphatic carbocycles. The molecule has 10 heteroatoms. The highest BCUT2D eigenvalue weighted by Crippen LogP contribution is 2.34. The van der Waals surface area contributed by atoms with Gasteiger partial charge in [-0.25, -0.2) is 17.6 Å². The van der Waals surface area contributed by atoms with Crippen molar-refractivity contribution in [2.45, 2.75) is 44.2 Å². The van der Waals surface area contributed by atoms with E-state index in [1.165, 1.54) is 36.4 Å². The molecule has 0 radical (unpaired) electrons. The minimum atomic E-state index is -4.23. The van der Waals surface area contributed by atoms with E-state index < -0.39 is 40.3 Å². The van der Waals surface area contributed by atoms with Gasteiger partial charge in [0.2, 0.25) is 15.9 Å². The van der Waals surface area contributed by atoms with Crippen molar-refractivity contribution in [3.8, 4) is 0 Å². The van der Waals surface area contributed by atoms with Crippen molar-refractivity contribution in [3.05, 3.63) is 64.4 Å². The molecule has 2 aromatic carbocycles. The number of halogens is 2. The van der Waals surface area contributed by atoms with E-state index in [0.29, 0.717) is 18.0 Å². The van der Waals surface area contributed by atoms with Crippen LogP contribution < -0.4 is 5.32 Å². The molecule has 1 saturated heterocycles. The first-order chi connectivity index (χ1) is 14.9. The fourth-order valence-corrected chi connectivity index (χ4v) is 5.36. The molecule has 0 saturated carbocycles. The molecule has 0 bridgehead atoms. The van der Waals surface area contributed by atoms with Crippen LogP contribution in [0.3, 0.4) is 0 Å². The van der Waals surface area contributed by atoms with E-state index in [9.17, 15) is 22.4 Å². The molecule has 7 nitrogen and oxygen atoms in total. The number of nitrogens with one attached hydrogen (secondary N) is 1. The van der Waals surface area contributed by atoms with E-state index >= 15 is 0 Å². The van der Waals surface area contributed by atoms with Crippen molar-refractivity contribution in [1.29, 1.82) is 0 Å². The molecule has 0 aromatic heterocycles. The first-order valence-electron chi connectivity index (χ1n) is 9.97. The number of carboxylic acids is 1. The third-order valence-corrected chi connectivity index (χ3v) is 7.66. The summed E-state index contributed by atoms with van der Waals surface area (Å²) in [6.45, 7) is 3.84. The lowest BCUT2D eigenvalue weighted by atomic mass is 9.83. The number of carboxylic acid groups (broad SMARTS) is 1. The molecule has 2 aromatic rings. The van der Waals surface area contributed by atoms with E-state index in [1.807, 2.05) is 13.8 Å². The van der Waals surface area contributed by atoms with Crippen LogP contribution in [0, 0.1) is 11.2 Å². The Balaban J connectivity index is 2.09. The number of carbonyl (C=O) groups excluding carboxylic acids is 1. The van der Waals surface area contributed by atoms with E-state index in [4.69, 9.17) is 16.7 Å². The molecular weight excluding hydrogens is 459 g/mol. The van der Waals surface area contributed by atoms with Gasteiger partial charge in [-0.2, -0.15) is 4.31 Å². The maximum Gasteiger partial charge on any atom is 0.335 e. The number of sulfonamides is 1. The summed E-state index contributed by atoms with van der Waals surface area (Å²) in [7, 11) is -4.23. The fourth-order valence-electron chi connectivity index (χ4n) is 3.67. The van der Waals surface area contributed by atoms with Gasteiger partial charge >= 0.3 is 5.97 Å². The number of benzene rings is 2. The van der Waals surface area contributed by atoms with Gasteiger partial charge in [-0.3, -0.25) is 4.79 Å². The van der Waals surface area contributed by atoms with Crippen LogP contribution in [0.4, 0.5) is 4.39 Å². The number of rotatable bonds is 6. The first-order valence-corrected chi connectivity index (χ1v) is 11.8. The van der Waals surface area contributed by atoms with Crippen LogP contribution in [-0.4, -0.2) is 42.3 Å². The Morgan fingerprint density at radius 2 is 1.91 bits per heavy atom. The van der Waals surface area contributed by atoms with E-state index in [-0.39, 0.29) is 27.9 Å². The zero-order valence-corrected chi connectivity index (χ0v) is 19.2. The van der Waals surface area contributed by atoms with Gasteiger partial charge in [0.05, 0.1) is 10.5 Å².